The number of nitrogens with zero attached hydrogens (tertiary/aromatic N) is 4. The third-order valence-electron chi connectivity index (χ3n) is 2.60. The van der Waals surface area contributed by atoms with Crippen LogP contribution in [0.2, 0.25) is 10.4 Å². The van der Waals surface area contributed by atoms with Crippen LogP contribution in [-0.2, 0) is 0 Å². The van der Waals surface area contributed by atoms with Gasteiger partial charge in [-0.25, -0.2) is 0 Å². The van der Waals surface area contributed by atoms with Gasteiger partial charge in [0.1, 0.15) is 0 Å². The molecular formula is C10H16Cl2N4O. The lowest BCUT2D eigenvalue weighted by Crippen LogP contribution is -2.37. The van der Waals surface area contributed by atoms with Crippen LogP contribution in [0.3, 0.4) is 0 Å². The van der Waals surface area contributed by atoms with E-state index in [1.54, 1.807) is 0 Å². The topological polar surface area (TPSA) is 62.1 Å². The van der Waals surface area contributed by atoms with E-state index in [4.69, 9.17) is 28.3 Å². The number of aliphatic hydroxyl groups excluding tert-OH is 1. The van der Waals surface area contributed by atoms with Crippen LogP contribution in [0.15, 0.2) is 0 Å². The third-order valence-corrected chi connectivity index (χ3v) is 3.00. The Bertz CT molecular complexity index is 360. The quantitative estimate of drug-likeness (QED) is 0.864. The van der Waals surface area contributed by atoms with Crippen LogP contribution in [0.1, 0.15) is 26.7 Å². The number of aliphatic hydroxyl groups is 1. The van der Waals surface area contributed by atoms with Crippen LogP contribution < -0.4 is 4.90 Å². The molecule has 0 spiro atoms. The van der Waals surface area contributed by atoms with Gasteiger partial charge >= 0.3 is 0 Å². The number of hydrogen-bond acceptors (Lipinski definition) is 5. The molecule has 1 rings (SSSR count). The van der Waals surface area contributed by atoms with Gasteiger partial charge in [-0.3, -0.25) is 0 Å². The van der Waals surface area contributed by atoms with Gasteiger partial charge in [0.2, 0.25) is 5.28 Å². The summed E-state index contributed by atoms with van der Waals surface area (Å²) in [6.45, 7) is 4.61. The Morgan fingerprint density at radius 1 is 1.24 bits per heavy atom. The molecular weight excluding hydrogens is 263 g/mol. The number of anilines is 1. The highest BCUT2D eigenvalue weighted by Crippen LogP contribution is 2.25. The number of hydrogen-bond donors (Lipinski definition) is 1. The lowest BCUT2D eigenvalue weighted by atomic mass is 10.1. The SMILES string of the molecule is CCC(CC)N(CCO)c1nc(Cl)nnc1Cl. The van der Waals surface area contributed by atoms with Crippen molar-refractivity contribution in [3.63, 3.8) is 0 Å². The molecule has 0 aliphatic carbocycles. The van der Waals surface area contributed by atoms with Crippen LogP contribution in [-0.4, -0.2) is 39.5 Å². The lowest BCUT2D eigenvalue weighted by Gasteiger charge is -2.31. The monoisotopic (exact) mass is 278 g/mol. The molecule has 0 fully saturated rings. The molecule has 1 aromatic heterocycles. The molecule has 0 unspecified atom stereocenters. The van der Waals surface area contributed by atoms with Gasteiger partial charge in [-0.05, 0) is 24.4 Å². The Hall–Kier alpha value is -0.650. The summed E-state index contributed by atoms with van der Waals surface area (Å²) in [6.07, 6.45) is 1.85. The molecule has 1 aromatic rings. The average Bonchev–Trinajstić information content (AvgIpc) is 2.33. The second-order valence-corrected chi connectivity index (χ2v) is 4.28. The molecule has 0 radical (unpaired) electrons. The summed E-state index contributed by atoms with van der Waals surface area (Å²) < 4.78 is 0. The van der Waals surface area contributed by atoms with E-state index in [9.17, 15) is 0 Å². The minimum Gasteiger partial charge on any atom is -0.395 e. The first-order valence-corrected chi connectivity index (χ1v) is 6.32. The van der Waals surface area contributed by atoms with Crippen molar-refractivity contribution in [2.45, 2.75) is 32.7 Å². The van der Waals surface area contributed by atoms with Crippen molar-refractivity contribution in [1.82, 2.24) is 15.2 Å². The van der Waals surface area contributed by atoms with Crippen LogP contribution in [0.25, 0.3) is 0 Å². The van der Waals surface area contributed by atoms with Crippen molar-refractivity contribution in [1.29, 1.82) is 0 Å². The standard InChI is InChI=1S/C10H16Cl2N4O/c1-3-7(4-2)16(5-6-17)9-8(11)14-15-10(12)13-9/h7,17H,3-6H2,1-2H3. The van der Waals surface area contributed by atoms with Crippen molar-refractivity contribution in [3.05, 3.63) is 10.4 Å². The van der Waals surface area contributed by atoms with Crippen molar-refractivity contribution in [2.24, 2.45) is 0 Å². The maximum atomic E-state index is 9.12. The highest BCUT2D eigenvalue weighted by molar-refractivity contribution is 6.32. The average molecular weight is 279 g/mol. The first kappa shape index (κ1) is 14.4. The molecule has 0 amide bonds. The van der Waals surface area contributed by atoms with Crippen molar-refractivity contribution < 1.29 is 5.11 Å². The number of rotatable bonds is 6. The highest BCUT2D eigenvalue weighted by atomic mass is 35.5. The van der Waals surface area contributed by atoms with E-state index in [0.717, 1.165) is 12.8 Å². The fraction of sp³-hybridized carbons (Fsp3) is 0.700. The highest BCUT2D eigenvalue weighted by Gasteiger charge is 2.20. The summed E-state index contributed by atoms with van der Waals surface area (Å²) in [7, 11) is 0. The number of aromatic nitrogens is 3. The minimum absolute atomic E-state index is 0.0223. The lowest BCUT2D eigenvalue weighted by molar-refractivity contribution is 0.295. The van der Waals surface area contributed by atoms with Gasteiger partial charge in [0.25, 0.3) is 0 Å². The first-order valence-electron chi connectivity index (χ1n) is 5.57. The van der Waals surface area contributed by atoms with Gasteiger partial charge in [0, 0.05) is 12.6 Å². The van der Waals surface area contributed by atoms with Crippen molar-refractivity contribution in [3.8, 4) is 0 Å². The molecule has 0 saturated heterocycles. The summed E-state index contributed by atoms with van der Waals surface area (Å²) in [5, 5.41) is 16.7. The molecule has 0 aliphatic rings. The predicted octanol–water partition coefficient (Wildman–Crippen LogP) is 2.17. The van der Waals surface area contributed by atoms with E-state index in [1.807, 2.05) is 4.90 Å². The Kier molecular flexibility index (Phi) is 5.88. The smallest absolute Gasteiger partial charge is 0.245 e. The van der Waals surface area contributed by atoms with Gasteiger partial charge in [-0.1, -0.05) is 25.4 Å². The zero-order chi connectivity index (χ0) is 12.8. The minimum atomic E-state index is 0.0223. The van der Waals surface area contributed by atoms with Gasteiger partial charge in [-0.15, -0.1) is 10.2 Å². The molecule has 0 bridgehead atoms. The van der Waals surface area contributed by atoms with E-state index in [1.165, 1.54) is 0 Å². The maximum Gasteiger partial charge on any atom is 0.245 e. The molecule has 0 aliphatic heterocycles. The van der Waals surface area contributed by atoms with Gasteiger partial charge in [-0.2, -0.15) is 4.98 Å². The second-order valence-electron chi connectivity index (χ2n) is 3.58. The zero-order valence-electron chi connectivity index (χ0n) is 9.90. The summed E-state index contributed by atoms with van der Waals surface area (Å²) in [4.78, 5) is 6.00. The fourth-order valence-electron chi connectivity index (χ4n) is 1.77. The fourth-order valence-corrected chi connectivity index (χ4v) is 2.07. The van der Waals surface area contributed by atoms with E-state index in [-0.39, 0.29) is 23.1 Å². The van der Waals surface area contributed by atoms with E-state index in [2.05, 4.69) is 29.0 Å². The second kappa shape index (κ2) is 6.93. The molecule has 1 N–H and O–H groups in total. The van der Waals surface area contributed by atoms with Gasteiger partial charge in [0.05, 0.1) is 6.61 Å². The van der Waals surface area contributed by atoms with Crippen LogP contribution >= 0.6 is 23.2 Å². The summed E-state index contributed by atoms with van der Waals surface area (Å²) in [5.74, 6) is 0.481. The van der Waals surface area contributed by atoms with E-state index in [0.29, 0.717) is 12.4 Å². The van der Waals surface area contributed by atoms with Gasteiger partial charge in [0.15, 0.2) is 11.0 Å². The maximum absolute atomic E-state index is 9.12. The summed E-state index contributed by atoms with van der Waals surface area (Å²) in [6, 6.07) is 0.243. The van der Waals surface area contributed by atoms with Gasteiger partial charge < -0.3 is 10.0 Å². The molecule has 0 saturated carbocycles. The van der Waals surface area contributed by atoms with Crippen molar-refractivity contribution in [2.75, 3.05) is 18.1 Å². The Labute approximate surface area is 111 Å². The normalized spacial score (nSPS) is 10.9. The first-order chi connectivity index (χ1) is 8.13. The molecule has 17 heavy (non-hydrogen) atoms. The Balaban J connectivity index is 3.07. The van der Waals surface area contributed by atoms with Crippen LogP contribution in [0.5, 0.6) is 0 Å². The Morgan fingerprint density at radius 3 is 2.41 bits per heavy atom. The van der Waals surface area contributed by atoms with E-state index >= 15 is 0 Å². The van der Waals surface area contributed by atoms with Crippen LogP contribution in [0, 0.1) is 0 Å². The molecule has 1 heterocycles. The predicted molar refractivity (Wildman–Crippen MR) is 68.6 cm³/mol. The van der Waals surface area contributed by atoms with Crippen molar-refractivity contribution >= 4 is 29.0 Å². The molecule has 96 valence electrons. The Morgan fingerprint density at radius 2 is 1.88 bits per heavy atom. The molecule has 5 nitrogen and oxygen atoms in total. The van der Waals surface area contributed by atoms with E-state index < -0.39 is 0 Å². The molecule has 7 heteroatoms. The van der Waals surface area contributed by atoms with Crippen LogP contribution in [0.4, 0.5) is 5.82 Å². The number of halogens is 2. The third kappa shape index (κ3) is 3.66. The largest absolute Gasteiger partial charge is 0.395 e. The summed E-state index contributed by atoms with van der Waals surface area (Å²) in [5.41, 5.74) is 0. The molecule has 0 atom stereocenters. The zero-order valence-corrected chi connectivity index (χ0v) is 11.4. The summed E-state index contributed by atoms with van der Waals surface area (Å²) >= 11 is 11.7. The molecule has 0 aromatic carbocycles.